The molecule has 4 N–H and O–H groups in total. The third-order valence-corrected chi connectivity index (χ3v) is 4.99. The van der Waals surface area contributed by atoms with Crippen LogP contribution in [0.1, 0.15) is 50.9 Å². The molecule has 0 radical (unpaired) electrons. The lowest BCUT2D eigenvalue weighted by Gasteiger charge is -2.43. The molecule has 3 atom stereocenters. The summed E-state index contributed by atoms with van der Waals surface area (Å²) in [6.07, 6.45) is 6.96. The number of aromatic amines is 1. The van der Waals surface area contributed by atoms with E-state index >= 15 is 0 Å². The van der Waals surface area contributed by atoms with Crippen molar-refractivity contribution in [3.8, 4) is 0 Å². The molecule has 2 aliphatic rings. The van der Waals surface area contributed by atoms with Crippen LogP contribution in [-0.2, 0) is 4.79 Å². The van der Waals surface area contributed by atoms with Gasteiger partial charge in [-0.1, -0.05) is 6.42 Å². The predicted octanol–water partition coefficient (Wildman–Crippen LogP) is 1.14. The summed E-state index contributed by atoms with van der Waals surface area (Å²) in [6, 6.07) is 0.180. The number of hydrogen-bond acceptors (Lipinski definition) is 4. The number of carbonyl (C=O) groups excluding carboxylic acids is 1. The summed E-state index contributed by atoms with van der Waals surface area (Å²) in [6.45, 7) is 1.92. The highest BCUT2D eigenvalue weighted by molar-refractivity contribution is 5.79. The second kappa shape index (κ2) is 5.52. The molecule has 3 unspecified atom stereocenters. The maximum atomic E-state index is 12.4. The van der Waals surface area contributed by atoms with Gasteiger partial charge in [0.1, 0.15) is 12.2 Å². The van der Waals surface area contributed by atoms with Gasteiger partial charge in [-0.15, -0.1) is 0 Å². The summed E-state index contributed by atoms with van der Waals surface area (Å²) in [5.74, 6) is 2.00. The van der Waals surface area contributed by atoms with Crippen molar-refractivity contribution in [2.75, 3.05) is 0 Å². The van der Waals surface area contributed by atoms with Gasteiger partial charge in [-0.05, 0) is 44.4 Å². The molecule has 20 heavy (non-hydrogen) atoms. The van der Waals surface area contributed by atoms with Crippen LogP contribution in [0.5, 0.6) is 0 Å². The number of nitrogens with zero attached hydrogens (tertiary/aromatic N) is 2. The van der Waals surface area contributed by atoms with Crippen molar-refractivity contribution in [3.05, 3.63) is 12.2 Å². The quantitative estimate of drug-likeness (QED) is 0.771. The van der Waals surface area contributed by atoms with Crippen LogP contribution in [0.15, 0.2) is 6.33 Å². The van der Waals surface area contributed by atoms with Crippen molar-refractivity contribution < 1.29 is 4.79 Å². The number of H-pyrrole nitrogens is 1. The van der Waals surface area contributed by atoms with E-state index in [1.54, 1.807) is 0 Å². The second-order valence-electron chi connectivity index (χ2n) is 6.30. The minimum atomic E-state index is -0.125. The molecule has 1 aromatic rings. The minimum Gasteiger partial charge on any atom is -0.346 e. The zero-order valence-electron chi connectivity index (χ0n) is 11.9. The Morgan fingerprint density at radius 2 is 2.15 bits per heavy atom. The first-order chi connectivity index (χ1) is 9.65. The van der Waals surface area contributed by atoms with Crippen LogP contribution in [-0.4, -0.2) is 27.1 Å². The molecule has 1 amide bonds. The van der Waals surface area contributed by atoms with E-state index in [9.17, 15) is 4.79 Å². The van der Waals surface area contributed by atoms with Gasteiger partial charge < -0.3 is 11.1 Å². The van der Waals surface area contributed by atoms with Crippen LogP contribution in [0.2, 0.25) is 0 Å². The predicted molar refractivity (Wildman–Crippen MR) is 74.5 cm³/mol. The van der Waals surface area contributed by atoms with E-state index in [0.29, 0.717) is 23.7 Å². The van der Waals surface area contributed by atoms with Gasteiger partial charge in [0.15, 0.2) is 0 Å². The first-order valence-corrected chi connectivity index (χ1v) is 7.56. The summed E-state index contributed by atoms with van der Waals surface area (Å²) in [7, 11) is 0. The van der Waals surface area contributed by atoms with Crippen molar-refractivity contribution in [2.45, 2.75) is 51.1 Å². The highest BCUT2D eigenvalue weighted by Gasteiger charge is 2.40. The van der Waals surface area contributed by atoms with Gasteiger partial charge in [0.05, 0.1) is 6.04 Å². The first kappa shape index (κ1) is 13.5. The average Bonchev–Trinajstić information content (AvgIpc) is 2.92. The molecule has 1 aromatic heterocycles. The van der Waals surface area contributed by atoms with E-state index in [1.807, 2.05) is 6.92 Å². The minimum absolute atomic E-state index is 0.107. The molecule has 6 heteroatoms. The van der Waals surface area contributed by atoms with E-state index in [4.69, 9.17) is 5.73 Å². The fraction of sp³-hybridized carbons (Fsp3) is 0.786. The van der Waals surface area contributed by atoms with Crippen LogP contribution >= 0.6 is 0 Å². The molecule has 0 spiro atoms. The van der Waals surface area contributed by atoms with Crippen molar-refractivity contribution in [2.24, 2.45) is 23.5 Å². The molecule has 2 aliphatic carbocycles. The van der Waals surface area contributed by atoms with Crippen LogP contribution in [0.25, 0.3) is 0 Å². The molecular formula is C14H23N5O. The average molecular weight is 277 g/mol. The molecule has 6 nitrogen and oxygen atoms in total. The maximum Gasteiger partial charge on any atom is 0.223 e. The number of nitrogens with two attached hydrogens (primary N) is 1. The second-order valence-corrected chi connectivity index (χ2v) is 6.30. The van der Waals surface area contributed by atoms with Crippen molar-refractivity contribution in [1.82, 2.24) is 20.5 Å². The van der Waals surface area contributed by atoms with Gasteiger partial charge in [0.25, 0.3) is 0 Å². The van der Waals surface area contributed by atoms with Crippen LogP contribution in [0.3, 0.4) is 0 Å². The molecule has 1 heterocycles. The Bertz CT molecular complexity index is 446. The summed E-state index contributed by atoms with van der Waals surface area (Å²) in [5.41, 5.74) is 6.27. The zero-order chi connectivity index (χ0) is 14.1. The van der Waals surface area contributed by atoms with Crippen molar-refractivity contribution in [1.29, 1.82) is 0 Å². The van der Waals surface area contributed by atoms with Crippen LogP contribution in [0, 0.1) is 17.8 Å². The molecule has 0 aliphatic heterocycles. The number of rotatable bonds is 3. The Balaban J connectivity index is 1.60. The molecule has 0 aromatic carbocycles. The van der Waals surface area contributed by atoms with Gasteiger partial charge >= 0.3 is 0 Å². The summed E-state index contributed by atoms with van der Waals surface area (Å²) in [4.78, 5) is 16.5. The molecule has 110 valence electrons. The molecule has 3 rings (SSSR count). The van der Waals surface area contributed by atoms with Crippen LogP contribution in [0.4, 0.5) is 0 Å². The van der Waals surface area contributed by atoms with E-state index < -0.39 is 0 Å². The third-order valence-electron chi connectivity index (χ3n) is 4.99. The van der Waals surface area contributed by atoms with Gasteiger partial charge in [-0.25, -0.2) is 4.98 Å². The normalized spacial score (nSPS) is 34.5. The lowest BCUT2D eigenvalue weighted by atomic mass is 9.65. The smallest absolute Gasteiger partial charge is 0.223 e. The zero-order valence-corrected chi connectivity index (χ0v) is 11.9. The SMILES string of the molecule is CC(NC(=O)C1CC2CCCC(C1)C2N)c1ncn[nH]1. The van der Waals surface area contributed by atoms with E-state index in [0.717, 1.165) is 12.8 Å². The summed E-state index contributed by atoms with van der Waals surface area (Å²) in [5, 5.41) is 9.65. The van der Waals surface area contributed by atoms with Gasteiger partial charge in [-0.2, -0.15) is 5.10 Å². The van der Waals surface area contributed by atoms with Crippen LogP contribution < -0.4 is 11.1 Å². The highest BCUT2D eigenvalue weighted by atomic mass is 16.1. The highest BCUT2D eigenvalue weighted by Crippen LogP contribution is 2.42. The first-order valence-electron chi connectivity index (χ1n) is 7.56. The molecular weight excluding hydrogens is 254 g/mol. The van der Waals surface area contributed by atoms with Crippen molar-refractivity contribution in [3.63, 3.8) is 0 Å². The van der Waals surface area contributed by atoms with Gasteiger partial charge in [0.2, 0.25) is 5.91 Å². The van der Waals surface area contributed by atoms with Gasteiger partial charge in [-0.3, -0.25) is 9.89 Å². The Labute approximate surface area is 118 Å². The number of carbonyl (C=O) groups is 1. The molecule has 0 saturated heterocycles. The third kappa shape index (κ3) is 2.57. The fourth-order valence-corrected chi connectivity index (χ4v) is 3.83. The van der Waals surface area contributed by atoms with E-state index in [-0.39, 0.29) is 17.9 Å². The monoisotopic (exact) mass is 277 g/mol. The molecule has 2 bridgehead atoms. The fourth-order valence-electron chi connectivity index (χ4n) is 3.83. The Morgan fingerprint density at radius 3 is 2.75 bits per heavy atom. The number of fused-ring (bicyclic) bond motifs is 2. The number of aromatic nitrogens is 3. The summed E-state index contributed by atoms with van der Waals surface area (Å²) < 4.78 is 0. The lowest BCUT2D eigenvalue weighted by molar-refractivity contribution is -0.128. The van der Waals surface area contributed by atoms with E-state index in [1.165, 1.54) is 25.6 Å². The standard InChI is InChI=1S/C14H23N5O/c1-8(13-16-7-17-19-13)18-14(20)11-5-9-3-2-4-10(6-11)12(9)15/h7-12H,2-6,15H2,1H3,(H,18,20)(H,16,17,19). The Hall–Kier alpha value is -1.43. The number of amides is 1. The largest absolute Gasteiger partial charge is 0.346 e. The Kier molecular flexibility index (Phi) is 3.74. The molecule has 2 fully saturated rings. The van der Waals surface area contributed by atoms with E-state index in [2.05, 4.69) is 20.5 Å². The topological polar surface area (TPSA) is 96.7 Å². The lowest BCUT2D eigenvalue weighted by Crippen LogP contribution is -2.49. The van der Waals surface area contributed by atoms with Crippen molar-refractivity contribution >= 4 is 5.91 Å². The van der Waals surface area contributed by atoms with Gasteiger partial charge in [0, 0.05) is 12.0 Å². The maximum absolute atomic E-state index is 12.4. The summed E-state index contributed by atoms with van der Waals surface area (Å²) >= 11 is 0. The molecule has 2 saturated carbocycles. The number of hydrogen-bond donors (Lipinski definition) is 3. The number of nitrogens with one attached hydrogen (secondary N) is 2. The Morgan fingerprint density at radius 1 is 1.45 bits per heavy atom.